The zero-order chi connectivity index (χ0) is 12.1. The normalized spacial score (nSPS) is 12.5. The van der Waals surface area contributed by atoms with E-state index in [1.807, 2.05) is 20.8 Å². The van der Waals surface area contributed by atoms with Crippen molar-refractivity contribution in [2.75, 3.05) is 5.32 Å². The Morgan fingerprint density at radius 2 is 2.19 bits per heavy atom. The first-order chi connectivity index (χ1) is 7.54. The first kappa shape index (κ1) is 12.7. The van der Waals surface area contributed by atoms with Crippen LogP contribution in [0.25, 0.3) is 0 Å². The van der Waals surface area contributed by atoms with Gasteiger partial charge in [-0.1, -0.05) is 26.7 Å². The monoisotopic (exact) mass is 224 g/mol. The Balaban J connectivity index is 2.50. The quantitative estimate of drug-likeness (QED) is 0.836. The minimum absolute atomic E-state index is 0.00691. The molecule has 90 valence electrons. The summed E-state index contributed by atoms with van der Waals surface area (Å²) in [6.07, 6.45) is 3.08. The smallest absolute Gasteiger partial charge is 0.301 e. The summed E-state index contributed by atoms with van der Waals surface area (Å²) in [5.74, 6) is 0.735. The van der Waals surface area contributed by atoms with E-state index in [4.69, 9.17) is 4.42 Å². The van der Waals surface area contributed by atoms with Crippen LogP contribution in [0.5, 0.6) is 0 Å². The SMILES string of the molecule is CCCCC(C)C(=O)Nc1nc(C)c(C)o1. The van der Waals surface area contributed by atoms with E-state index in [0.717, 1.165) is 30.7 Å². The number of carbonyl (C=O) groups is 1. The summed E-state index contributed by atoms with van der Waals surface area (Å²) in [4.78, 5) is 15.8. The van der Waals surface area contributed by atoms with Crippen molar-refractivity contribution in [1.29, 1.82) is 0 Å². The summed E-state index contributed by atoms with van der Waals surface area (Å²) < 4.78 is 5.30. The lowest BCUT2D eigenvalue weighted by Crippen LogP contribution is -2.20. The number of nitrogens with one attached hydrogen (secondary N) is 1. The molecule has 1 rings (SSSR count). The number of carbonyl (C=O) groups excluding carboxylic acids is 1. The van der Waals surface area contributed by atoms with Crippen molar-refractivity contribution >= 4 is 11.9 Å². The Labute approximate surface area is 96.4 Å². The molecule has 0 saturated heterocycles. The number of unbranched alkanes of at least 4 members (excludes halogenated alkanes) is 1. The summed E-state index contributed by atoms with van der Waals surface area (Å²) in [7, 11) is 0. The van der Waals surface area contributed by atoms with Crippen molar-refractivity contribution in [2.45, 2.75) is 47.0 Å². The second-order valence-corrected chi connectivity index (χ2v) is 4.19. The molecule has 0 aliphatic rings. The number of hydrogen-bond acceptors (Lipinski definition) is 3. The van der Waals surface area contributed by atoms with Gasteiger partial charge in [0.1, 0.15) is 5.76 Å². The Kier molecular flexibility index (Phi) is 4.52. The van der Waals surface area contributed by atoms with Gasteiger partial charge in [-0.25, -0.2) is 0 Å². The van der Waals surface area contributed by atoms with Crippen LogP contribution < -0.4 is 5.32 Å². The van der Waals surface area contributed by atoms with Crippen molar-refractivity contribution in [3.05, 3.63) is 11.5 Å². The molecule has 0 bridgehead atoms. The molecule has 0 spiro atoms. The molecule has 1 aromatic heterocycles. The highest BCUT2D eigenvalue weighted by Crippen LogP contribution is 2.15. The van der Waals surface area contributed by atoms with Gasteiger partial charge in [-0.2, -0.15) is 4.98 Å². The highest BCUT2D eigenvalue weighted by molar-refractivity contribution is 5.90. The third-order valence-electron chi connectivity index (χ3n) is 2.70. The van der Waals surface area contributed by atoms with Gasteiger partial charge in [0.05, 0.1) is 5.69 Å². The number of hydrogen-bond donors (Lipinski definition) is 1. The summed E-state index contributed by atoms with van der Waals surface area (Å²) in [5.41, 5.74) is 0.816. The van der Waals surface area contributed by atoms with Crippen LogP contribution in [0, 0.1) is 19.8 Å². The second-order valence-electron chi connectivity index (χ2n) is 4.19. The van der Waals surface area contributed by atoms with E-state index in [9.17, 15) is 4.79 Å². The molecule has 0 aliphatic heterocycles. The Bertz CT molecular complexity index is 338. The Morgan fingerprint density at radius 3 is 2.69 bits per heavy atom. The fourth-order valence-electron chi connectivity index (χ4n) is 1.40. The molecular weight excluding hydrogens is 204 g/mol. The first-order valence-corrected chi connectivity index (χ1v) is 5.79. The van der Waals surface area contributed by atoms with E-state index >= 15 is 0 Å². The van der Waals surface area contributed by atoms with E-state index in [2.05, 4.69) is 17.2 Å². The average molecular weight is 224 g/mol. The maximum atomic E-state index is 11.7. The van der Waals surface area contributed by atoms with Crippen LogP contribution in [0.15, 0.2) is 4.42 Å². The number of aromatic nitrogens is 1. The number of nitrogens with zero attached hydrogens (tertiary/aromatic N) is 1. The summed E-state index contributed by atoms with van der Waals surface area (Å²) in [6.45, 7) is 7.73. The molecule has 0 radical (unpaired) electrons. The van der Waals surface area contributed by atoms with Crippen LogP contribution >= 0.6 is 0 Å². The molecule has 1 N–H and O–H groups in total. The van der Waals surface area contributed by atoms with Gasteiger partial charge in [0, 0.05) is 5.92 Å². The number of amides is 1. The molecule has 0 saturated carbocycles. The third kappa shape index (κ3) is 3.36. The Morgan fingerprint density at radius 1 is 1.50 bits per heavy atom. The zero-order valence-electron chi connectivity index (χ0n) is 10.5. The molecule has 1 atom stereocenters. The summed E-state index contributed by atoms with van der Waals surface area (Å²) in [6, 6.07) is 0.309. The number of rotatable bonds is 5. The first-order valence-electron chi connectivity index (χ1n) is 5.79. The van der Waals surface area contributed by atoms with Gasteiger partial charge in [-0.05, 0) is 20.3 Å². The molecule has 0 aromatic carbocycles. The lowest BCUT2D eigenvalue weighted by atomic mass is 10.0. The molecule has 1 heterocycles. The van der Waals surface area contributed by atoms with Gasteiger partial charge in [0.15, 0.2) is 0 Å². The fraction of sp³-hybridized carbons (Fsp3) is 0.667. The van der Waals surface area contributed by atoms with Gasteiger partial charge < -0.3 is 4.42 Å². The molecule has 4 heteroatoms. The predicted octanol–water partition coefficient (Wildman–Crippen LogP) is 3.06. The zero-order valence-corrected chi connectivity index (χ0v) is 10.5. The molecule has 0 aliphatic carbocycles. The minimum Gasteiger partial charge on any atom is -0.428 e. The number of anilines is 1. The van der Waals surface area contributed by atoms with E-state index in [0.29, 0.717) is 6.01 Å². The van der Waals surface area contributed by atoms with Crippen LogP contribution in [-0.2, 0) is 4.79 Å². The van der Waals surface area contributed by atoms with Gasteiger partial charge in [-0.3, -0.25) is 10.1 Å². The van der Waals surface area contributed by atoms with Crippen LogP contribution in [0.1, 0.15) is 44.6 Å². The van der Waals surface area contributed by atoms with E-state index in [1.54, 1.807) is 0 Å². The highest BCUT2D eigenvalue weighted by atomic mass is 16.4. The van der Waals surface area contributed by atoms with Crippen LogP contribution in [0.4, 0.5) is 6.01 Å². The predicted molar refractivity (Wildman–Crippen MR) is 63.3 cm³/mol. The van der Waals surface area contributed by atoms with Crippen LogP contribution in [0.3, 0.4) is 0 Å². The van der Waals surface area contributed by atoms with Crippen LogP contribution in [-0.4, -0.2) is 10.9 Å². The van der Waals surface area contributed by atoms with Gasteiger partial charge in [0.2, 0.25) is 5.91 Å². The highest BCUT2D eigenvalue weighted by Gasteiger charge is 2.15. The maximum Gasteiger partial charge on any atom is 0.301 e. The molecule has 16 heavy (non-hydrogen) atoms. The van der Waals surface area contributed by atoms with Crippen molar-refractivity contribution in [3.8, 4) is 0 Å². The maximum absolute atomic E-state index is 11.7. The van der Waals surface area contributed by atoms with E-state index < -0.39 is 0 Å². The topological polar surface area (TPSA) is 55.1 Å². The van der Waals surface area contributed by atoms with Crippen molar-refractivity contribution in [2.24, 2.45) is 5.92 Å². The molecule has 1 amide bonds. The molecular formula is C12H20N2O2. The molecule has 0 fully saturated rings. The van der Waals surface area contributed by atoms with Crippen LogP contribution in [0.2, 0.25) is 0 Å². The fourth-order valence-corrected chi connectivity index (χ4v) is 1.40. The molecule has 4 nitrogen and oxygen atoms in total. The minimum atomic E-state index is -0.0188. The molecule has 1 aromatic rings. The van der Waals surface area contributed by atoms with Gasteiger partial charge >= 0.3 is 6.01 Å². The van der Waals surface area contributed by atoms with Gasteiger partial charge in [-0.15, -0.1) is 0 Å². The van der Waals surface area contributed by atoms with Crippen molar-refractivity contribution in [1.82, 2.24) is 4.98 Å². The van der Waals surface area contributed by atoms with Crippen molar-refractivity contribution < 1.29 is 9.21 Å². The largest absolute Gasteiger partial charge is 0.428 e. The average Bonchev–Trinajstić information content (AvgIpc) is 2.54. The van der Waals surface area contributed by atoms with E-state index in [-0.39, 0.29) is 11.8 Å². The summed E-state index contributed by atoms with van der Waals surface area (Å²) >= 11 is 0. The lowest BCUT2D eigenvalue weighted by Gasteiger charge is -2.08. The number of aryl methyl sites for hydroxylation is 2. The third-order valence-corrected chi connectivity index (χ3v) is 2.70. The lowest BCUT2D eigenvalue weighted by molar-refractivity contribution is -0.119. The van der Waals surface area contributed by atoms with Gasteiger partial charge in [0.25, 0.3) is 0 Å². The summed E-state index contributed by atoms with van der Waals surface area (Å²) in [5, 5.41) is 2.70. The van der Waals surface area contributed by atoms with Crippen molar-refractivity contribution in [3.63, 3.8) is 0 Å². The standard InChI is InChI=1S/C12H20N2O2/c1-5-6-7-8(2)11(15)14-12-13-9(3)10(4)16-12/h8H,5-7H2,1-4H3,(H,13,14,15). The van der Waals surface area contributed by atoms with E-state index in [1.165, 1.54) is 0 Å². The molecule has 1 unspecified atom stereocenters. The Hall–Kier alpha value is -1.32. The second kappa shape index (κ2) is 5.68. The number of oxazole rings is 1.